The lowest BCUT2D eigenvalue weighted by atomic mass is 10.2. The van der Waals surface area contributed by atoms with Crippen molar-refractivity contribution in [2.75, 3.05) is 26.2 Å². The van der Waals surface area contributed by atoms with Gasteiger partial charge in [0.2, 0.25) is 0 Å². The normalized spacial score (nSPS) is 10.3. The monoisotopic (exact) mass is 195 g/mol. The van der Waals surface area contributed by atoms with Gasteiger partial charge in [-0.15, -0.1) is 0 Å². The van der Waals surface area contributed by atoms with E-state index in [0.29, 0.717) is 0 Å². The molecule has 0 aliphatic carbocycles. The summed E-state index contributed by atoms with van der Waals surface area (Å²) in [5.41, 5.74) is 1.16. The van der Waals surface area contributed by atoms with Gasteiger partial charge >= 0.3 is 0 Å². The van der Waals surface area contributed by atoms with Crippen LogP contribution in [0.25, 0.3) is 0 Å². The molecule has 0 bridgehead atoms. The summed E-state index contributed by atoms with van der Waals surface area (Å²) in [6.07, 6.45) is 0. The molecule has 2 heteroatoms. The zero-order valence-corrected chi connectivity index (χ0v) is 9.51. The van der Waals surface area contributed by atoms with Crippen LogP contribution in [0.4, 0.5) is 0 Å². The van der Waals surface area contributed by atoms with Crippen molar-refractivity contribution in [3.05, 3.63) is 18.7 Å². The van der Waals surface area contributed by atoms with Gasteiger partial charge in [0.15, 0.2) is 0 Å². The van der Waals surface area contributed by atoms with Gasteiger partial charge in [-0.3, -0.25) is 5.92 Å². The molecule has 1 N–H and O–H groups in total. The minimum absolute atomic E-state index is 0.0724. The van der Waals surface area contributed by atoms with E-state index in [1.165, 1.54) is 0 Å². The molecule has 0 aromatic rings. The summed E-state index contributed by atoms with van der Waals surface area (Å²) in [6.45, 7) is 15.1. The highest BCUT2D eigenvalue weighted by Crippen LogP contribution is 2.12. The summed E-state index contributed by atoms with van der Waals surface area (Å²) < 4.78 is 0.822. The number of nitrogens with zero attached hydrogens (tertiary/aromatic N) is 1. The van der Waals surface area contributed by atoms with Crippen molar-refractivity contribution >= 4 is 0 Å². The van der Waals surface area contributed by atoms with E-state index in [-0.39, 0.29) is 6.61 Å². The third-order valence-electron chi connectivity index (χ3n) is 2.36. The van der Waals surface area contributed by atoms with E-state index in [0.717, 1.165) is 29.7 Å². The molecule has 0 heterocycles. The molecule has 14 heavy (non-hydrogen) atoms. The molecule has 0 spiro atoms. The first-order valence-corrected chi connectivity index (χ1v) is 5.04. The van der Waals surface area contributed by atoms with Gasteiger partial charge in [0, 0.05) is 13.2 Å². The Hall–Kier alpha value is -0.910. The van der Waals surface area contributed by atoms with Crippen molar-refractivity contribution in [3.8, 4) is 11.8 Å². The van der Waals surface area contributed by atoms with E-state index in [2.05, 4.69) is 32.3 Å². The van der Waals surface area contributed by atoms with Crippen LogP contribution >= 0.6 is 0 Å². The maximum atomic E-state index is 8.57. The first-order valence-electron chi connectivity index (χ1n) is 5.04. The number of hydrogen-bond acceptors (Lipinski definition) is 1. The lowest BCUT2D eigenvalue weighted by Crippen LogP contribution is -2.45. The molecular weight excluding hydrogens is 174 g/mol. The van der Waals surface area contributed by atoms with Crippen LogP contribution in [0.1, 0.15) is 20.8 Å². The van der Waals surface area contributed by atoms with Crippen LogP contribution in [-0.2, 0) is 0 Å². The van der Waals surface area contributed by atoms with Crippen LogP contribution in [0.5, 0.6) is 0 Å². The first kappa shape index (κ1) is 13.1. The number of rotatable bonds is 5. The van der Waals surface area contributed by atoms with Gasteiger partial charge in [-0.05, 0) is 26.3 Å². The third kappa shape index (κ3) is 4.36. The number of aliphatic hydroxyl groups excluding tert-OH is 1. The molecule has 0 radical (unpaired) electrons. The summed E-state index contributed by atoms with van der Waals surface area (Å²) in [6, 6.07) is 0. The number of aliphatic hydroxyl groups is 1. The van der Waals surface area contributed by atoms with Crippen LogP contribution in [-0.4, -0.2) is 35.8 Å². The number of likely N-dealkylation sites (N-methyl/N-ethyl adjacent to an activating group) is 1. The second-order valence-electron chi connectivity index (χ2n) is 3.57. The zero-order chi connectivity index (χ0) is 11.0. The average Bonchev–Trinajstić information content (AvgIpc) is 2.16. The van der Waals surface area contributed by atoms with Crippen molar-refractivity contribution < 1.29 is 9.59 Å². The van der Waals surface area contributed by atoms with Gasteiger partial charge in [-0.2, -0.15) is 0 Å². The van der Waals surface area contributed by atoms with Gasteiger partial charge in [0.05, 0.1) is 19.6 Å². The van der Waals surface area contributed by atoms with Crippen LogP contribution in [0.2, 0.25) is 0 Å². The smallest absolute Gasteiger partial charge is 0.0910 e. The zero-order valence-electron chi connectivity index (χ0n) is 9.51. The predicted octanol–water partition coefficient (Wildman–Crippen LogP) is 1.58. The van der Waals surface area contributed by atoms with Gasteiger partial charge in [-0.25, -0.2) is 5.92 Å². The second-order valence-corrected chi connectivity index (χ2v) is 3.57. The molecule has 80 valence electrons. The molecule has 0 amide bonds. The predicted molar refractivity (Wildman–Crippen MR) is 60.2 cm³/mol. The molecule has 0 saturated heterocycles. The molecule has 0 aromatic heterocycles. The van der Waals surface area contributed by atoms with E-state index >= 15 is 0 Å². The van der Waals surface area contributed by atoms with E-state index in [1.54, 1.807) is 0 Å². The quantitative estimate of drug-likeness (QED) is 0.305. The Morgan fingerprint density at radius 2 is 2.00 bits per heavy atom. The molecule has 0 rings (SSSR count). The van der Waals surface area contributed by atoms with Crippen molar-refractivity contribution in [2.45, 2.75) is 20.8 Å². The van der Waals surface area contributed by atoms with Crippen molar-refractivity contribution in [2.24, 2.45) is 0 Å². The van der Waals surface area contributed by atoms with E-state index < -0.39 is 0 Å². The van der Waals surface area contributed by atoms with E-state index in [1.807, 2.05) is 13.5 Å². The minimum atomic E-state index is -0.0724. The summed E-state index contributed by atoms with van der Waals surface area (Å²) in [7, 11) is 0. The highest BCUT2D eigenvalue weighted by Gasteiger charge is 2.17. The third-order valence-corrected chi connectivity index (χ3v) is 2.36. The summed E-state index contributed by atoms with van der Waals surface area (Å²) in [5, 5.41) is 8.57. The fourth-order valence-electron chi connectivity index (χ4n) is 1.44. The molecular formula is C12H21NO. The molecule has 0 aromatic carbocycles. The van der Waals surface area contributed by atoms with Crippen LogP contribution in [0, 0.1) is 18.4 Å². The number of hydrogen-bond donors (Lipinski definition) is 1. The van der Waals surface area contributed by atoms with Crippen LogP contribution in [0.15, 0.2) is 12.2 Å². The fraction of sp³-hybridized carbons (Fsp3) is 0.583. The Bertz CT molecular complexity index is 230. The molecule has 0 unspecified atom stereocenters. The standard InChI is InChI=1S/C12H21NO/c1-5-13(6-2,11-12(3)4)9-7-8-10-14/h9,14H,3,5-6,10-11H2,1-2,4H3. The Balaban J connectivity index is 4.44. The molecule has 0 saturated carbocycles. The largest absolute Gasteiger partial charge is 0.404 e. The second kappa shape index (κ2) is 6.53. The maximum Gasteiger partial charge on any atom is 0.0910 e. The topological polar surface area (TPSA) is 20.2 Å². The summed E-state index contributed by atoms with van der Waals surface area (Å²) in [5.74, 6) is 5.54. The van der Waals surface area contributed by atoms with Gasteiger partial charge in [0.25, 0.3) is 0 Å². The Morgan fingerprint density at radius 3 is 2.36 bits per heavy atom. The first-order chi connectivity index (χ1) is 6.60. The molecule has 0 aliphatic heterocycles. The van der Waals surface area contributed by atoms with E-state index in [9.17, 15) is 0 Å². The summed E-state index contributed by atoms with van der Waals surface area (Å²) >= 11 is 0. The van der Waals surface area contributed by atoms with Gasteiger partial charge in [0.1, 0.15) is 0 Å². The average molecular weight is 195 g/mol. The highest BCUT2D eigenvalue weighted by atomic mass is 16.2. The Kier molecular flexibility index (Phi) is 6.11. The van der Waals surface area contributed by atoms with Crippen molar-refractivity contribution in [1.82, 2.24) is 0 Å². The molecule has 0 fully saturated rings. The van der Waals surface area contributed by atoms with Crippen LogP contribution in [0.3, 0.4) is 0 Å². The van der Waals surface area contributed by atoms with Gasteiger partial charge < -0.3 is 9.59 Å². The van der Waals surface area contributed by atoms with Gasteiger partial charge in [-0.1, -0.05) is 6.58 Å². The molecule has 0 aliphatic rings. The van der Waals surface area contributed by atoms with E-state index in [4.69, 9.17) is 5.11 Å². The fourth-order valence-corrected chi connectivity index (χ4v) is 1.44. The molecule has 2 nitrogen and oxygen atoms in total. The Morgan fingerprint density at radius 1 is 1.43 bits per heavy atom. The lowest BCUT2D eigenvalue weighted by molar-refractivity contribution is -0.887. The lowest BCUT2D eigenvalue weighted by Gasteiger charge is -2.39. The summed E-state index contributed by atoms with van der Waals surface area (Å²) in [4.78, 5) is 0. The Labute approximate surface area is 87.8 Å². The maximum absolute atomic E-state index is 8.57. The van der Waals surface area contributed by atoms with Crippen molar-refractivity contribution in [3.63, 3.8) is 0 Å². The minimum Gasteiger partial charge on any atom is -0.404 e. The molecule has 0 atom stereocenters. The highest BCUT2D eigenvalue weighted by molar-refractivity contribution is 5.06. The van der Waals surface area contributed by atoms with Crippen LogP contribution < -0.4 is 0 Å². The SMILES string of the molecule is C=C(C)C[N+]([CH-]C#CCO)(CC)CC. The van der Waals surface area contributed by atoms with Crippen molar-refractivity contribution in [1.29, 1.82) is 0 Å². The number of quaternary nitrogens is 1.